The molecule has 0 aliphatic heterocycles. The Labute approximate surface area is 135 Å². The number of hydrogen-bond acceptors (Lipinski definition) is 3. The molecule has 0 radical (unpaired) electrons. The molecule has 0 saturated carbocycles. The third-order valence-corrected chi connectivity index (χ3v) is 3.73. The molecule has 0 fully saturated rings. The number of likely N-dealkylation sites (N-methyl/N-ethyl adjacent to an activating group) is 1. The first kappa shape index (κ1) is 15.0. The van der Waals surface area contributed by atoms with Crippen molar-refractivity contribution in [3.8, 4) is 0 Å². The maximum absolute atomic E-state index is 12.0. The number of para-hydroxylation sites is 2. The lowest BCUT2D eigenvalue weighted by atomic mass is 10.1. The molecule has 0 atom stereocenters. The monoisotopic (exact) mass is 305 g/mol. The van der Waals surface area contributed by atoms with E-state index in [-0.39, 0.29) is 5.91 Å². The Kier molecular flexibility index (Phi) is 4.24. The maximum Gasteiger partial charge on any atom is 0.226 e. The SMILES string of the molecule is CN(C)C(=O)Cc1ccccc1Nc1cnc2ccccc2c1. The molecule has 0 aliphatic rings. The minimum atomic E-state index is 0.0795. The van der Waals surface area contributed by atoms with Crippen LogP contribution in [0, 0.1) is 0 Å². The molecule has 0 unspecified atom stereocenters. The van der Waals surface area contributed by atoms with Crippen molar-refractivity contribution >= 4 is 28.2 Å². The Bertz CT molecular complexity index is 843. The predicted molar refractivity (Wildman–Crippen MR) is 93.9 cm³/mol. The fourth-order valence-electron chi connectivity index (χ4n) is 2.41. The molecule has 0 spiro atoms. The summed E-state index contributed by atoms with van der Waals surface area (Å²) in [7, 11) is 3.54. The Balaban J connectivity index is 1.88. The van der Waals surface area contributed by atoms with Crippen molar-refractivity contribution < 1.29 is 4.79 Å². The van der Waals surface area contributed by atoms with E-state index in [1.165, 1.54) is 0 Å². The van der Waals surface area contributed by atoms with Gasteiger partial charge in [0.2, 0.25) is 5.91 Å². The number of aromatic nitrogens is 1. The number of amides is 1. The second-order valence-electron chi connectivity index (χ2n) is 5.66. The zero-order valence-corrected chi connectivity index (χ0v) is 13.3. The second kappa shape index (κ2) is 6.48. The van der Waals surface area contributed by atoms with Crippen molar-refractivity contribution in [2.75, 3.05) is 19.4 Å². The first-order chi connectivity index (χ1) is 11.1. The molecule has 2 aromatic carbocycles. The van der Waals surface area contributed by atoms with Crippen LogP contribution in [-0.2, 0) is 11.2 Å². The lowest BCUT2D eigenvalue weighted by molar-refractivity contribution is -0.127. The smallest absolute Gasteiger partial charge is 0.226 e. The van der Waals surface area contributed by atoms with Crippen LogP contribution >= 0.6 is 0 Å². The van der Waals surface area contributed by atoms with Gasteiger partial charge in [-0.05, 0) is 23.8 Å². The molecule has 0 bridgehead atoms. The van der Waals surface area contributed by atoms with Crippen LogP contribution in [0.25, 0.3) is 10.9 Å². The molecule has 4 heteroatoms. The predicted octanol–water partition coefficient (Wildman–Crippen LogP) is 3.61. The molecule has 4 nitrogen and oxygen atoms in total. The lowest BCUT2D eigenvalue weighted by Gasteiger charge is -2.14. The highest BCUT2D eigenvalue weighted by molar-refractivity contribution is 5.84. The standard InChI is InChI=1S/C19H19N3O/c1-22(2)19(23)12-15-8-4-6-10-18(15)21-16-11-14-7-3-5-9-17(14)20-13-16/h3-11,13,21H,12H2,1-2H3. The van der Waals surface area contributed by atoms with Crippen molar-refractivity contribution in [1.29, 1.82) is 0 Å². The average Bonchev–Trinajstić information content (AvgIpc) is 2.56. The van der Waals surface area contributed by atoms with Crippen LogP contribution in [0.2, 0.25) is 0 Å². The number of pyridine rings is 1. The van der Waals surface area contributed by atoms with Gasteiger partial charge in [0.1, 0.15) is 0 Å². The van der Waals surface area contributed by atoms with E-state index in [0.29, 0.717) is 6.42 Å². The van der Waals surface area contributed by atoms with Crippen LogP contribution < -0.4 is 5.32 Å². The van der Waals surface area contributed by atoms with Crippen LogP contribution in [0.15, 0.2) is 60.8 Å². The maximum atomic E-state index is 12.0. The minimum Gasteiger partial charge on any atom is -0.354 e. The minimum absolute atomic E-state index is 0.0795. The molecule has 23 heavy (non-hydrogen) atoms. The van der Waals surface area contributed by atoms with Gasteiger partial charge >= 0.3 is 0 Å². The van der Waals surface area contributed by atoms with Gasteiger partial charge in [0, 0.05) is 25.2 Å². The number of carbonyl (C=O) groups excluding carboxylic acids is 1. The summed E-state index contributed by atoms with van der Waals surface area (Å²) in [6.45, 7) is 0. The summed E-state index contributed by atoms with van der Waals surface area (Å²) in [6.07, 6.45) is 2.18. The third-order valence-electron chi connectivity index (χ3n) is 3.73. The van der Waals surface area contributed by atoms with E-state index in [4.69, 9.17) is 0 Å². The fraction of sp³-hybridized carbons (Fsp3) is 0.158. The van der Waals surface area contributed by atoms with Crippen LogP contribution in [0.3, 0.4) is 0 Å². The first-order valence-electron chi connectivity index (χ1n) is 7.53. The number of nitrogens with zero attached hydrogens (tertiary/aromatic N) is 2. The molecule has 116 valence electrons. The van der Waals surface area contributed by atoms with Gasteiger partial charge in [-0.3, -0.25) is 9.78 Å². The number of rotatable bonds is 4. The topological polar surface area (TPSA) is 45.2 Å². The van der Waals surface area contributed by atoms with E-state index in [9.17, 15) is 4.79 Å². The van der Waals surface area contributed by atoms with Gasteiger partial charge in [-0.25, -0.2) is 0 Å². The van der Waals surface area contributed by atoms with Crippen molar-refractivity contribution in [2.45, 2.75) is 6.42 Å². The van der Waals surface area contributed by atoms with Gasteiger partial charge in [-0.2, -0.15) is 0 Å². The van der Waals surface area contributed by atoms with Crippen molar-refractivity contribution in [2.24, 2.45) is 0 Å². The summed E-state index contributed by atoms with van der Waals surface area (Å²) in [5.41, 5.74) is 3.78. The molecule has 1 amide bonds. The number of anilines is 2. The average molecular weight is 305 g/mol. The van der Waals surface area contributed by atoms with Crippen LogP contribution in [0.4, 0.5) is 11.4 Å². The summed E-state index contributed by atoms with van der Waals surface area (Å²) in [5.74, 6) is 0.0795. The summed E-state index contributed by atoms with van der Waals surface area (Å²) in [4.78, 5) is 18.0. The number of benzene rings is 2. The van der Waals surface area contributed by atoms with Crippen LogP contribution in [0.1, 0.15) is 5.56 Å². The van der Waals surface area contributed by atoms with Crippen molar-refractivity contribution in [1.82, 2.24) is 9.88 Å². The summed E-state index contributed by atoms with van der Waals surface area (Å²) >= 11 is 0. The highest BCUT2D eigenvalue weighted by Crippen LogP contribution is 2.23. The largest absolute Gasteiger partial charge is 0.354 e. The second-order valence-corrected chi connectivity index (χ2v) is 5.66. The third kappa shape index (κ3) is 3.48. The molecular formula is C19H19N3O. The van der Waals surface area contributed by atoms with E-state index in [1.807, 2.05) is 54.7 Å². The molecule has 3 aromatic rings. The number of nitrogens with one attached hydrogen (secondary N) is 1. The molecule has 1 aromatic heterocycles. The van der Waals surface area contributed by atoms with E-state index in [1.54, 1.807) is 19.0 Å². The number of carbonyl (C=O) groups is 1. The fourth-order valence-corrected chi connectivity index (χ4v) is 2.41. The number of hydrogen-bond donors (Lipinski definition) is 1. The molecular weight excluding hydrogens is 286 g/mol. The lowest BCUT2D eigenvalue weighted by Crippen LogP contribution is -2.23. The zero-order valence-electron chi connectivity index (χ0n) is 13.3. The Morgan fingerprint density at radius 3 is 2.65 bits per heavy atom. The van der Waals surface area contributed by atoms with Crippen molar-refractivity contribution in [3.63, 3.8) is 0 Å². The van der Waals surface area contributed by atoms with Gasteiger partial charge in [-0.15, -0.1) is 0 Å². The highest BCUT2D eigenvalue weighted by Gasteiger charge is 2.09. The molecule has 1 heterocycles. The van der Waals surface area contributed by atoms with E-state index >= 15 is 0 Å². The van der Waals surface area contributed by atoms with Gasteiger partial charge < -0.3 is 10.2 Å². The van der Waals surface area contributed by atoms with E-state index < -0.39 is 0 Å². The van der Waals surface area contributed by atoms with Gasteiger partial charge in [0.15, 0.2) is 0 Å². The van der Waals surface area contributed by atoms with E-state index in [2.05, 4.69) is 16.4 Å². The Morgan fingerprint density at radius 2 is 1.83 bits per heavy atom. The summed E-state index contributed by atoms with van der Waals surface area (Å²) < 4.78 is 0. The molecule has 3 rings (SSSR count). The Morgan fingerprint density at radius 1 is 1.09 bits per heavy atom. The summed E-state index contributed by atoms with van der Waals surface area (Å²) in [5, 5.41) is 4.46. The van der Waals surface area contributed by atoms with Crippen LogP contribution in [-0.4, -0.2) is 29.9 Å². The summed E-state index contributed by atoms with van der Waals surface area (Å²) in [6, 6.07) is 17.9. The normalized spacial score (nSPS) is 10.5. The van der Waals surface area contributed by atoms with Crippen molar-refractivity contribution in [3.05, 3.63) is 66.4 Å². The number of fused-ring (bicyclic) bond motifs is 1. The quantitative estimate of drug-likeness (QED) is 0.801. The zero-order chi connectivity index (χ0) is 16.2. The van der Waals surface area contributed by atoms with Gasteiger partial charge in [-0.1, -0.05) is 36.4 Å². The van der Waals surface area contributed by atoms with Gasteiger partial charge in [0.05, 0.1) is 23.8 Å². The Hall–Kier alpha value is -2.88. The highest BCUT2D eigenvalue weighted by atomic mass is 16.2. The van der Waals surface area contributed by atoms with Crippen LogP contribution in [0.5, 0.6) is 0 Å². The van der Waals surface area contributed by atoms with E-state index in [0.717, 1.165) is 27.8 Å². The molecule has 0 saturated heterocycles. The van der Waals surface area contributed by atoms with Gasteiger partial charge in [0.25, 0.3) is 0 Å². The first-order valence-corrected chi connectivity index (χ1v) is 7.53. The molecule has 1 N–H and O–H groups in total. The molecule has 0 aliphatic carbocycles.